The van der Waals surface area contributed by atoms with Gasteiger partial charge in [0.1, 0.15) is 5.82 Å². The van der Waals surface area contributed by atoms with Crippen molar-refractivity contribution < 1.29 is 18.7 Å². The first-order valence-electron chi connectivity index (χ1n) is 11.6. The number of Topliss-reactive ketones (excluding diaryl/α,β-unsaturated/α-hetero) is 1. The summed E-state index contributed by atoms with van der Waals surface area (Å²) in [7, 11) is 0. The second-order valence-corrected chi connectivity index (χ2v) is 8.41. The number of carbonyl (C=O) groups is 2. The van der Waals surface area contributed by atoms with Crippen LogP contribution < -0.4 is 0 Å². The molecule has 0 aliphatic carbocycles. The van der Waals surface area contributed by atoms with E-state index in [4.69, 9.17) is 4.74 Å². The van der Waals surface area contributed by atoms with Gasteiger partial charge < -0.3 is 4.74 Å². The number of carbonyl (C=O) groups excluding carboxylic acids is 2. The van der Waals surface area contributed by atoms with Gasteiger partial charge in [-0.2, -0.15) is 0 Å². The zero-order valence-corrected chi connectivity index (χ0v) is 20.0. The molecule has 37 heavy (non-hydrogen) atoms. The predicted octanol–water partition coefficient (Wildman–Crippen LogP) is 6.09. The van der Waals surface area contributed by atoms with Crippen LogP contribution in [0.1, 0.15) is 26.5 Å². The standard InChI is InChI=1S/C30H22FN3O3/c1-20-7-5-6-10-26(20)34-29(24-15-17-25(31)18-16-24)32-28(33-34)30(36)37-19-27(35)23-13-11-22(12-14-23)21-8-3-2-4-9-21/h2-18H,19H2,1H3. The van der Waals surface area contributed by atoms with E-state index >= 15 is 0 Å². The van der Waals surface area contributed by atoms with E-state index in [1.165, 1.54) is 16.8 Å². The average molecular weight is 492 g/mol. The molecule has 1 heterocycles. The van der Waals surface area contributed by atoms with Crippen molar-refractivity contribution >= 4 is 11.8 Å². The summed E-state index contributed by atoms with van der Waals surface area (Å²) in [6, 6.07) is 30.2. The second kappa shape index (κ2) is 10.4. The van der Waals surface area contributed by atoms with E-state index in [1.54, 1.807) is 24.3 Å². The minimum Gasteiger partial charge on any atom is -0.451 e. The quantitative estimate of drug-likeness (QED) is 0.204. The van der Waals surface area contributed by atoms with Crippen LogP contribution in [0.4, 0.5) is 4.39 Å². The third-order valence-corrected chi connectivity index (χ3v) is 5.88. The predicted molar refractivity (Wildman–Crippen MR) is 138 cm³/mol. The third kappa shape index (κ3) is 5.21. The van der Waals surface area contributed by atoms with E-state index in [2.05, 4.69) is 10.1 Å². The first-order chi connectivity index (χ1) is 18.0. The Bertz CT molecular complexity index is 1560. The minimum atomic E-state index is -0.829. The van der Waals surface area contributed by atoms with Crippen LogP contribution in [-0.4, -0.2) is 33.1 Å². The number of ketones is 1. The second-order valence-electron chi connectivity index (χ2n) is 8.41. The molecular weight excluding hydrogens is 469 g/mol. The van der Waals surface area contributed by atoms with E-state index in [9.17, 15) is 14.0 Å². The molecule has 0 atom stereocenters. The molecule has 0 saturated carbocycles. The Morgan fingerprint density at radius 1 is 0.784 bits per heavy atom. The lowest BCUT2D eigenvalue weighted by molar-refractivity contribution is 0.0462. The molecule has 182 valence electrons. The summed E-state index contributed by atoms with van der Waals surface area (Å²) in [4.78, 5) is 29.8. The number of ether oxygens (including phenoxy) is 1. The van der Waals surface area contributed by atoms with Crippen LogP contribution in [-0.2, 0) is 4.74 Å². The number of para-hydroxylation sites is 1. The molecule has 4 aromatic carbocycles. The highest BCUT2D eigenvalue weighted by atomic mass is 19.1. The molecule has 0 fully saturated rings. The fourth-order valence-electron chi connectivity index (χ4n) is 3.91. The molecule has 0 N–H and O–H groups in total. The van der Waals surface area contributed by atoms with Gasteiger partial charge >= 0.3 is 5.97 Å². The van der Waals surface area contributed by atoms with Crippen molar-refractivity contribution in [1.29, 1.82) is 0 Å². The highest BCUT2D eigenvalue weighted by Crippen LogP contribution is 2.24. The molecule has 6 nitrogen and oxygen atoms in total. The number of nitrogens with zero attached hydrogens (tertiary/aromatic N) is 3. The molecule has 5 aromatic rings. The Morgan fingerprint density at radius 3 is 2.11 bits per heavy atom. The van der Waals surface area contributed by atoms with E-state index < -0.39 is 12.6 Å². The van der Waals surface area contributed by atoms with E-state index in [0.29, 0.717) is 22.6 Å². The summed E-state index contributed by atoms with van der Waals surface area (Å²) in [6.45, 7) is 1.46. The highest BCUT2D eigenvalue weighted by molar-refractivity contribution is 5.99. The fourth-order valence-corrected chi connectivity index (χ4v) is 3.91. The Morgan fingerprint density at radius 2 is 1.41 bits per heavy atom. The Labute approximate surface area is 213 Å². The maximum Gasteiger partial charge on any atom is 0.378 e. The van der Waals surface area contributed by atoms with Gasteiger partial charge in [0, 0.05) is 11.1 Å². The first-order valence-corrected chi connectivity index (χ1v) is 11.6. The van der Waals surface area contributed by atoms with Crippen LogP contribution >= 0.6 is 0 Å². The number of esters is 1. The van der Waals surface area contributed by atoms with Crippen molar-refractivity contribution in [3.05, 3.63) is 126 Å². The molecule has 0 aliphatic heterocycles. The topological polar surface area (TPSA) is 74.1 Å². The van der Waals surface area contributed by atoms with Crippen molar-refractivity contribution in [1.82, 2.24) is 14.8 Å². The lowest BCUT2D eigenvalue weighted by Crippen LogP contribution is -2.15. The number of halogens is 1. The van der Waals surface area contributed by atoms with Crippen molar-refractivity contribution in [2.45, 2.75) is 6.92 Å². The molecule has 1 aromatic heterocycles. The molecule has 0 aliphatic rings. The van der Waals surface area contributed by atoms with Crippen LogP contribution in [0.3, 0.4) is 0 Å². The SMILES string of the molecule is Cc1ccccc1-n1nc(C(=O)OCC(=O)c2ccc(-c3ccccc3)cc2)nc1-c1ccc(F)cc1. The number of aromatic nitrogens is 3. The van der Waals surface area contributed by atoms with Crippen LogP contribution in [0.5, 0.6) is 0 Å². The van der Waals surface area contributed by atoms with E-state index in [1.807, 2.05) is 73.7 Å². The maximum absolute atomic E-state index is 13.5. The van der Waals surface area contributed by atoms with Gasteiger partial charge in [0.25, 0.3) is 5.82 Å². The van der Waals surface area contributed by atoms with Gasteiger partial charge in [0.05, 0.1) is 5.69 Å². The van der Waals surface area contributed by atoms with Gasteiger partial charge in [-0.1, -0.05) is 72.8 Å². The van der Waals surface area contributed by atoms with Gasteiger partial charge in [-0.3, -0.25) is 4.79 Å². The lowest BCUT2D eigenvalue weighted by atomic mass is 10.0. The molecule has 0 amide bonds. The average Bonchev–Trinajstić information content (AvgIpc) is 3.38. The zero-order valence-electron chi connectivity index (χ0n) is 20.0. The first kappa shape index (κ1) is 23.8. The van der Waals surface area contributed by atoms with Crippen LogP contribution in [0.2, 0.25) is 0 Å². The summed E-state index contributed by atoms with van der Waals surface area (Å²) < 4.78 is 20.3. The van der Waals surface area contributed by atoms with Crippen LogP contribution in [0.25, 0.3) is 28.2 Å². The molecule has 7 heteroatoms. The number of hydrogen-bond acceptors (Lipinski definition) is 5. The smallest absolute Gasteiger partial charge is 0.378 e. The molecule has 0 radical (unpaired) electrons. The van der Waals surface area contributed by atoms with Gasteiger partial charge in [0.15, 0.2) is 18.2 Å². The summed E-state index contributed by atoms with van der Waals surface area (Å²) in [5, 5.41) is 4.36. The lowest BCUT2D eigenvalue weighted by Gasteiger charge is -2.08. The number of hydrogen-bond donors (Lipinski definition) is 0. The Hall–Kier alpha value is -4.91. The summed E-state index contributed by atoms with van der Waals surface area (Å²) in [5.74, 6) is -1.41. The minimum absolute atomic E-state index is 0.199. The molecule has 0 bridgehead atoms. The summed E-state index contributed by atoms with van der Waals surface area (Å²) in [6.07, 6.45) is 0. The van der Waals surface area contributed by atoms with Crippen molar-refractivity contribution in [3.8, 4) is 28.2 Å². The van der Waals surface area contributed by atoms with Gasteiger partial charge in [-0.15, -0.1) is 5.10 Å². The number of aryl methyl sites for hydroxylation is 1. The van der Waals surface area contributed by atoms with Crippen molar-refractivity contribution in [2.75, 3.05) is 6.61 Å². The van der Waals surface area contributed by atoms with Crippen LogP contribution in [0, 0.1) is 12.7 Å². The molecule has 5 rings (SSSR count). The fraction of sp³-hybridized carbons (Fsp3) is 0.0667. The number of benzene rings is 4. The van der Waals surface area contributed by atoms with Gasteiger partial charge in [-0.05, 0) is 53.9 Å². The number of rotatable bonds is 7. The van der Waals surface area contributed by atoms with Gasteiger partial charge in [0.2, 0.25) is 0 Å². The normalized spacial score (nSPS) is 10.8. The Balaban J connectivity index is 1.35. The van der Waals surface area contributed by atoms with E-state index in [0.717, 1.165) is 16.7 Å². The Kier molecular flexibility index (Phi) is 6.68. The van der Waals surface area contributed by atoms with Gasteiger partial charge in [-0.25, -0.2) is 18.9 Å². The molecule has 0 spiro atoms. The molecule has 0 unspecified atom stereocenters. The highest BCUT2D eigenvalue weighted by Gasteiger charge is 2.22. The molecule has 0 saturated heterocycles. The van der Waals surface area contributed by atoms with Crippen LogP contribution in [0.15, 0.2) is 103 Å². The monoisotopic (exact) mass is 491 g/mol. The van der Waals surface area contributed by atoms with E-state index in [-0.39, 0.29) is 17.4 Å². The molecular formula is C30H22FN3O3. The largest absolute Gasteiger partial charge is 0.451 e. The maximum atomic E-state index is 13.5. The summed E-state index contributed by atoms with van der Waals surface area (Å²) >= 11 is 0. The van der Waals surface area contributed by atoms with Crippen molar-refractivity contribution in [2.24, 2.45) is 0 Å². The van der Waals surface area contributed by atoms with Crippen molar-refractivity contribution in [3.63, 3.8) is 0 Å². The summed E-state index contributed by atoms with van der Waals surface area (Å²) in [5.41, 5.74) is 4.64. The third-order valence-electron chi connectivity index (χ3n) is 5.88. The zero-order chi connectivity index (χ0) is 25.8.